The number of anilines is 1. The summed E-state index contributed by atoms with van der Waals surface area (Å²) in [6.07, 6.45) is 0. The number of benzene rings is 1. The Balaban J connectivity index is 2.25. The molecule has 0 amide bonds. The van der Waals surface area contributed by atoms with E-state index in [0.717, 1.165) is 17.8 Å². The highest BCUT2D eigenvalue weighted by atomic mass is 32.2. The lowest BCUT2D eigenvalue weighted by atomic mass is 10.2. The molecule has 0 fully saturated rings. The predicted octanol–water partition coefficient (Wildman–Crippen LogP) is 2.61. The molecule has 0 radical (unpaired) electrons. The Bertz CT molecular complexity index is 953. The highest BCUT2D eigenvalue weighted by Gasteiger charge is 2.24. The molecule has 1 heterocycles. The van der Waals surface area contributed by atoms with Gasteiger partial charge in [0.15, 0.2) is 16.8 Å². The number of esters is 1. The number of nitrogens with zero attached hydrogens (tertiary/aromatic N) is 2. The van der Waals surface area contributed by atoms with Crippen LogP contribution >= 0.6 is 11.8 Å². The molecule has 0 aliphatic carbocycles. The first-order valence-electron chi connectivity index (χ1n) is 7.93. The summed E-state index contributed by atoms with van der Waals surface area (Å²) in [5.41, 5.74) is -1.77. The average molecular weight is 414 g/mol. The Morgan fingerprint density at radius 3 is 2.82 bits per heavy atom. The lowest BCUT2D eigenvalue weighted by Crippen LogP contribution is -2.26. The molecule has 12 heteroatoms. The van der Waals surface area contributed by atoms with Gasteiger partial charge in [-0.25, -0.2) is 8.78 Å². The van der Waals surface area contributed by atoms with Crippen LogP contribution in [-0.4, -0.2) is 33.5 Å². The van der Waals surface area contributed by atoms with Crippen LogP contribution in [-0.2, 0) is 15.3 Å². The van der Waals surface area contributed by atoms with Gasteiger partial charge in [-0.15, -0.1) is 0 Å². The van der Waals surface area contributed by atoms with Gasteiger partial charge in [0.1, 0.15) is 6.61 Å². The van der Waals surface area contributed by atoms with Crippen molar-refractivity contribution in [3.05, 3.63) is 55.9 Å². The van der Waals surface area contributed by atoms with E-state index in [4.69, 9.17) is 4.74 Å². The number of rotatable bonds is 8. The van der Waals surface area contributed by atoms with Gasteiger partial charge in [0.2, 0.25) is 5.82 Å². The molecule has 0 saturated carbocycles. The van der Waals surface area contributed by atoms with E-state index in [1.807, 2.05) is 0 Å². The summed E-state index contributed by atoms with van der Waals surface area (Å²) in [5, 5.41) is 13.8. The monoisotopic (exact) mass is 414 g/mol. The van der Waals surface area contributed by atoms with Crippen molar-refractivity contribution in [3.63, 3.8) is 0 Å². The number of carbonyl (C=O) groups is 1. The molecule has 150 valence electrons. The number of halogens is 2. The number of carbonyl (C=O) groups excluding carboxylic acids is 1. The molecule has 28 heavy (non-hydrogen) atoms. The molecule has 2 N–H and O–H groups in total. The van der Waals surface area contributed by atoms with Gasteiger partial charge in [-0.3, -0.25) is 24.7 Å². The number of thioether (sulfide) groups is 1. The van der Waals surface area contributed by atoms with Crippen molar-refractivity contribution >= 4 is 29.2 Å². The van der Waals surface area contributed by atoms with Crippen molar-refractivity contribution in [1.29, 1.82) is 0 Å². The van der Waals surface area contributed by atoms with Crippen LogP contribution in [0.25, 0.3) is 0 Å². The molecule has 0 unspecified atom stereocenters. The molecule has 0 saturated heterocycles. The standard InChI is InChI=1S/C16H16F2N4O5S/c1-8(6-27-9(2)23)19-14-13(22(25)26)15(24)21-16(20-14)28-7-10-4-3-5-11(17)12(10)18/h3-5,8H,6-7H2,1-2H3,(H2,19,20,21,24)/t8-/m1/s1. The van der Waals surface area contributed by atoms with E-state index >= 15 is 0 Å². The van der Waals surface area contributed by atoms with Crippen molar-refractivity contribution in [2.75, 3.05) is 11.9 Å². The van der Waals surface area contributed by atoms with Crippen molar-refractivity contribution < 1.29 is 23.2 Å². The molecular formula is C16H16F2N4O5S. The SMILES string of the molecule is CC(=O)OC[C@@H](C)Nc1nc(SCc2cccc(F)c2F)[nH]c(=O)c1[N+](=O)[O-]. The maximum atomic E-state index is 13.7. The zero-order valence-electron chi connectivity index (χ0n) is 14.8. The van der Waals surface area contributed by atoms with Gasteiger partial charge in [0.05, 0.1) is 11.0 Å². The Labute approximate surface area is 161 Å². The average Bonchev–Trinajstić information content (AvgIpc) is 2.60. The van der Waals surface area contributed by atoms with E-state index in [-0.39, 0.29) is 28.9 Å². The maximum Gasteiger partial charge on any atom is 0.375 e. The molecule has 9 nitrogen and oxygen atoms in total. The Morgan fingerprint density at radius 2 is 2.18 bits per heavy atom. The predicted molar refractivity (Wildman–Crippen MR) is 97.1 cm³/mol. The van der Waals surface area contributed by atoms with Gasteiger partial charge in [-0.05, 0) is 13.0 Å². The highest BCUT2D eigenvalue weighted by Crippen LogP contribution is 2.25. The van der Waals surface area contributed by atoms with Crippen molar-refractivity contribution in [1.82, 2.24) is 9.97 Å². The number of aromatic nitrogens is 2. The third-order valence-corrected chi connectivity index (χ3v) is 4.29. The lowest BCUT2D eigenvalue weighted by molar-refractivity contribution is -0.385. The van der Waals surface area contributed by atoms with E-state index in [0.29, 0.717) is 0 Å². The van der Waals surface area contributed by atoms with Crippen LogP contribution < -0.4 is 10.9 Å². The van der Waals surface area contributed by atoms with Crippen LogP contribution in [0, 0.1) is 21.7 Å². The van der Waals surface area contributed by atoms with Crippen LogP contribution in [0.1, 0.15) is 19.4 Å². The first kappa shape index (κ1) is 21.3. The van der Waals surface area contributed by atoms with Gasteiger partial charge in [0, 0.05) is 18.2 Å². The highest BCUT2D eigenvalue weighted by molar-refractivity contribution is 7.98. The second-order valence-corrected chi connectivity index (χ2v) is 6.64. The van der Waals surface area contributed by atoms with Crippen LogP contribution in [0.3, 0.4) is 0 Å². The van der Waals surface area contributed by atoms with Gasteiger partial charge < -0.3 is 10.1 Å². The minimum Gasteiger partial charge on any atom is -0.464 e. The summed E-state index contributed by atoms with van der Waals surface area (Å²) in [6, 6.07) is 3.11. The van der Waals surface area contributed by atoms with Crippen LogP contribution in [0.15, 0.2) is 28.2 Å². The summed E-state index contributed by atoms with van der Waals surface area (Å²) < 4.78 is 31.8. The molecule has 1 aromatic heterocycles. The van der Waals surface area contributed by atoms with Crippen LogP contribution in [0.5, 0.6) is 0 Å². The number of hydrogen-bond donors (Lipinski definition) is 2. The molecule has 2 aromatic rings. The normalized spacial score (nSPS) is 11.7. The van der Waals surface area contributed by atoms with E-state index in [1.54, 1.807) is 6.92 Å². The molecule has 0 spiro atoms. The van der Waals surface area contributed by atoms with E-state index in [1.165, 1.54) is 19.1 Å². The van der Waals surface area contributed by atoms with E-state index < -0.39 is 39.8 Å². The Hall–Kier alpha value is -3.02. The Morgan fingerprint density at radius 1 is 1.46 bits per heavy atom. The molecule has 1 atom stereocenters. The molecule has 0 aliphatic heterocycles. The molecule has 2 rings (SSSR count). The first-order valence-corrected chi connectivity index (χ1v) is 8.92. The number of hydrogen-bond acceptors (Lipinski definition) is 8. The zero-order valence-corrected chi connectivity index (χ0v) is 15.6. The van der Waals surface area contributed by atoms with Gasteiger partial charge in [-0.1, -0.05) is 23.9 Å². The third-order valence-electron chi connectivity index (χ3n) is 3.37. The fraction of sp³-hybridized carbons (Fsp3) is 0.312. The fourth-order valence-corrected chi connectivity index (χ4v) is 2.94. The van der Waals surface area contributed by atoms with Gasteiger partial charge >= 0.3 is 17.2 Å². The second-order valence-electron chi connectivity index (χ2n) is 5.67. The van der Waals surface area contributed by atoms with Gasteiger partial charge in [-0.2, -0.15) is 4.98 Å². The minimum absolute atomic E-state index is 0.0264. The fourth-order valence-electron chi connectivity index (χ4n) is 2.11. The number of aromatic amines is 1. The molecule has 0 aliphatic rings. The quantitative estimate of drug-likeness (QED) is 0.222. The largest absolute Gasteiger partial charge is 0.464 e. The van der Waals surface area contributed by atoms with Crippen molar-refractivity contribution in [2.24, 2.45) is 0 Å². The lowest BCUT2D eigenvalue weighted by Gasteiger charge is -2.14. The van der Waals surface area contributed by atoms with Crippen LogP contribution in [0.2, 0.25) is 0 Å². The number of nitrogens with one attached hydrogen (secondary N) is 2. The molecular weight excluding hydrogens is 398 g/mol. The number of H-pyrrole nitrogens is 1. The smallest absolute Gasteiger partial charge is 0.375 e. The third kappa shape index (κ3) is 5.49. The number of nitro groups is 1. The molecule has 1 aromatic carbocycles. The summed E-state index contributed by atoms with van der Waals surface area (Å²) >= 11 is 0.869. The number of ether oxygens (including phenoxy) is 1. The van der Waals surface area contributed by atoms with Crippen LogP contribution in [0.4, 0.5) is 20.3 Å². The second kappa shape index (κ2) is 9.26. The van der Waals surface area contributed by atoms with Gasteiger partial charge in [0.25, 0.3) is 0 Å². The summed E-state index contributed by atoms with van der Waals surface area (Å²) in [7, 11) is 0. The minimum atomic E-state index is -1.02. The Kier molecular flexibility index (Phi) is 7.04. The maximum absolute atomic E-state index is 13.7. The zero-order chi connectivity index (χ0) is 20.8. The van der Waals surface area contributed by atoms with E-state index in [9.17, 15) is 28.5 Å². The first-order chi connectivity index (χ1) is 13.2. The van der Waals surface area contributed by atoms with E-state index in [2.05, 4.69) is 15.3 Å². The van der Waals surface area contributed by atoms with Crippen molar-refractivity contribution in [2.45, 2.75) is 30.8 Å². The topological polar surface area (TPSA) is 127 Å². The van der Waals surface area contributed by atoms with Crippen molar-refractivity contribution in [3.8, 4) is 0 Å². The summed E-state index contributed by atoms with van der Waals surface area (Å²) in [5.74, 6) is -2.95. The molecule has 0 bridgehead atoms. The summed E-state index contributed by atoms with van der Waals surface area (Å²) in [4.78, 5) is 39.5. The summed E-state index contributed by atoms with van der Waals surface area (Å²) in [6.45, 7) is 2.68.